The van der Waals surface area contributed by atoms with E-state index in [4.69, 9.17) is 9.47 Å². The van der Waals surface area contributed by atoms with Gasteiger partial charge in [-0.25, -0.2) is 14.8 Å². The minimum atomic E-state index is -0.494. The predicted molar refractivity (Wildman–Crippen MR) is 99.3 cm³/mol. The summed E-state index contributed by atoms with van der Waals surface area (Å²) in [4.78, 5) is 20.1. The van der Waals surface area contributed by atoms with Crippen molar-refractivity contribution in [2.45, 2.75) is 20.8 Å². The molecule has 0 unspecified atom stereocenters. The molecular formula is C19H19N5O3. The normalized spacial score (nSPS) is 10.3. The first kappa shape index (κ1) is 18.2. The number of hydrogen-bond acceptors (Lipinski definition) is 8. The van der Waals surface area contributed by atoms with Gasteiger partial charge in [-0.1, -0.05) is 0 Å². The van der Waals surface area contributed by atoms with Gasteiger partial charge in [-0.15, -0.1) is 10.2 Å². The van der Waals surface area contributed by atoms with Crippen LogP contribution in [0.3, 0.4) is 0 Å². The van der Waals surface area contributed by atoms with Crippen molar-refractivity contribution in [1.29, 1.82) is 0 Å². The Morgan fingerprint density at radius 2 is 1.70 bits per heavy atom. The number of benzene rings is 1. The maximum Gasteiger partial charge on any atom is 0.358 e. The molecule has 8 heteroatoms. The number of nitrogens with one attached hydrogen (secondary N) is 1. The van der Waals surface area contributed by atoms with Gasteiger partial charge in [0, 0.05) is 17.1 Å². The first-order valence-electron chi connectivity index (χ1n) is 8.41. The Morgan fingerprint density at radius 1 is 1.00 bits per heavy atom. The second-order valence-corrected chi connectivity index (χ2v) is 5.71. The second kappa shape index (κ2) is 8.22. The summed E-state index contributed by atoms with van der Waals surface area (Å²) >= 11 is 0. The molecule has 3 aromatic rings. The quantitative estimate of drug-likeness (QED) is 0.662. The van der Waals surface area contributed by atoms with Gasteiger partial charge in [0.1, 0.15) is 5.75 Å². The molecule has 0 saturated heterocycles. The highest BCUT2D eigenvalue weighted by Gasteiger charge is 2.09. The van der Waals surface area contributed by atoms with E-state index < -0.39 is 5.97 Å². The van der Waals surface area contributed by atoms with Crippen molar-refractivity contribution in [1.82, 2.24) is 20.2 Å². The number of carbonyl (C=O) groups excluding carboxylic acids is 1. The molecular weight excluding hydrogens is 346 g/mol. The number of aryl methyl sites for hydroxylation is 2. The molecule has 0 amide bonds. The number of hydrogen-bond donors (Lipinski definition) is 1. The van der Waals surface area contributed by atoms with Crippen LogP contribution in [0.4, 0.5) is 11.5 Å². The molecule has 2 aromatic heterocycles. The Hall–Kier alpha value is -3.55. The third kappa shape index (κ3) is 4.97. The minimum Gasteiger partial charge on any atom is -0.461 e. The van der Waals surface area contributed by atoms with Crippen LogP contribution in [0.25, 0.3) is 0 Å². The molecule has 27 heavy (non-hydrogen) atoms. The Labute approximate surface area is 156 Å². The molecule has 1 aromatic carbocycles. The molecule has 2 heterocycles. The van der Waals surface area contributed by atoms with Crippen LogP contribution >= 0.6 is 0 Å². The highest BCUT2D eigenvalue weighted by molar-refractivity contribution is 5.87. The lowest BCUT2D eigenvalue weighted by Gasteiger charge is -2.08. The number of anilines is 2. The van der Waals surface area contributed by atoms with E-state index in [-0.39, 0.29) is 5.69 Å². The standard InChI is InChI=1S/C19H19N5O3/c1-4-26-18(25)16-9-10-17(24-23-16)22-14-5-7-15(8-6-14)27-19-20-12(2)11-13(3)21-19/h5-11H,4H2,1-3H3,(H,22,24). The van der Waals surface area contributed by atoms with E-state index in [9.17, 15) is 4.79 Å². The van der Waals surface area contributed by atoms with Crippen LogP contribution in [0.2, 0.25) is 0 Å². The summed E-state index contributed by atoms with van der Waals surface area (Å²) in [6.07, 6.45) is 0. The van der Waals surface area contributed by atoms with Crippen molar-refractivity contribution >= 4 is 17.5 Å². The van der Waals surface area contributed by atoms with Gasteiger partial charge < -0.3 is 14.8 Å². The average Bonchev–Trinajstić information content (AvgIpc) is 2.63. The number of esters is 1. The summed E-state index contributed by atoms with van der Waals surface area (Å²) in [6.45, 7) is 5.81. The summed E-state index contributed by atoms with van der Waals surface area (Å²) < 4.78 is 10.6. The molecule has 0 spiro atoms. The molecule has 3 rings (SSSR count). The topological polar surface area (TPSA) is 99.1 Å². The zero-order chi connectivity index (χ0) is 19.2. The first-order chi connectivity index (χ1) is 13.0. The van der Waals surface area contributed by atoms with E-state index in [0.717, 1.165) is 17.1 Å². The molecule has 0 aliphatic carbocycles. The van der Waals surface area contributed by atoms with Crippen LogP contribution in [0, 0.1) is 13.8 Å². The lowest BCUT2D eigenvalue weighted by Crippen LogP contribution is -2.08. The number of nitrogens with zero attached hydrogens (tertiary/aromatic N) is 4. The van der Waals surface area contributed by atoms with Gasteiger partial charge in [0.05, 0.1) is 6.61 Å². The van der Waals surface area contributed by atoms with Gasteiger partial charge in [0.25, 0.3) is 0 Å². The molecule has 1 N–H and O–H groups in total. The smallest absolute Gasteiger partial charge is 0.358 e. The maximum atomic E-state index is 11.6. The molecule has 0 aliphatic rings. The fraction of sp³-hybridized carbons (Fsp3) is 0.211. The molecule has 0 saturated carbocycles. The Bertz CT molecular complexity index is 907. The van der Waals surface area contributed by atoms with Crippen molar-refractivity contribution < 1.29 is 14.3 Å². The molecule has 0 atom stereocenters. The number of ether oxygens (including phenoxy) is 2. The van der Waals surface area contributed by atoms with Crippen LogP contribution < -0.4 is 10.1 Å². The molecule has 0 radical (unpaired) electrons. The molecule has 0 bridgehead atoms. The van der Waals surface area contributed by atoms with Crippen molar-refractivity contribution in [3.8, 4) is 11.8 Å². The number of rotatable bonds is 6. The van der Waals surface area contributed by atoms with Crippen molar-refractivity contribution in [2.24, 2.45) is 0 Å². The zero-order valence-electron chi connectivity index (χ0n) is 15.3. The molecule has 8 nitrogen and oxygen atoms in total. The first-order valence-corrected chi connectivity index (χ1v) is 8.41. The summed E-state index contributed by atoms with van der Waals surface area (Å²) in [5.41, 5.74) is 2.66. The lowest BCUT2D eigenvalue weighted by atomic mass is 10.3. The Kier molecular flexibility index (Phi) is 5.55. The summed E-state index contributed by atoms with van der Waals surface area (Å²) in [5, 5.41) is 10.9. The third-order valence-electron chi connectivity index (χ3n) is 3.45. The molecule has 0 aliphatic heterocycles. The van der Waals surface area contributed by atoms with Gasteiger partial charge in [-0.2, -0.15) is 0 Å². The summed E-state index contributed by atoms with van der Waals surface area (Å²) in [7, 11) is 0. The number of carbonyl (C=O) groups is 1. The average molecular weight is 365 g/mol. The summed E-state index contributed by atoms with van der Waals surface area (Å²) in [5.74, 6) is 0.635. The molecule has 138 valence electrons. The highest BCUT2D eigenvalue weighted by Crippen LogP contribution is 2.22. The van der Waals surface area contributed by atoms with Crippen molar-refractivity contribution in [3.63, 3.8) is 0 Å². The van der Waals surface area contributed by atoms with Crippen LogP contribution in [0.15, 0.2) is 42.5 Å². The predicted octanol–water partition coefficient (Wildman–Crippen LogP) is 3.60. The fourth-order valence-electron chi connectivity index (χ4n) is 2.31. The highest BCUT2D eigenvalue weighted by atomic mass is 16.5. The Morgan fingerprint density at radius 3 is 2.30 bits per heavy atom. The lowest BCUT2D eigenvalue weighted by molar-refractivity contribution is 0.0518. The number of aromatic nitrogens is 4. The molecule has 0 fully saturated rings. The summed E-state index contributed by atoms with van der Waals surface area (Å²) in [6, 6.07) is 12.7. The van der Waals surface area contributed by atoms with E-state index in [2.05, 4.69) is 25.5 Å². The van der Waals surface area contributed by atoms with E-state index in [1.165, 1.54) is 0 Å². The van der Waals surface area contributed by atoms with Crippen molar-refractivity contribution in [3.05, 3.63) is 59.5 Å². The monoisotopic (exact) mass is 365 g/mol. The van der Waals surface area contributed by atoms with E-state index >= 15 is 0 Å². The minimum absolute atomic E-state index is 0.166. The van der Waals surface area contributed by atoms with Gasteiger partial charge in [-0.3, -0.25) is 0 Å². The van der Waals surface area contributed by atoms with Gasteiger partial charge in [0.15, 0.2) is 11.5 Å². The third-order valence-corrected chi connectivity index (χ3v) is 3.45. The van der Waals surface area contributed by atoms with E-state index in [1.807, 2.05) is 32.0 Å². The van der Waals surface area contributed by atoms with Gasteiger partial charge in [-0.05, 0) is 63.2 Å². The fourth-order valence-corrected chi connectivity index (χ4v) is 2.31. The second-order valence-electron chi connectivity index (χ2n) is 5.71. The largest absolute Gasteiger partial charge is 0.461 e. The van der Waals surface area contributed by atoms with E-state index in [0.29, 0.717) is 24.2 Å². The maximum absolute atomic E-state index is 11.6. The SMILES string of the molecule is CCOC(=O)c1ccc(Nc2ccc(Oc3nc(C)cc(C)n3)cc2)nn1. The zero-order valence-corrected chi connectivity index (χ0v) is 15.3. The van der Waals surface area contributed by atoms with Crippen LogP contribution in [0.5, 0.6) is 11.8 Å². The van der Waals surface area contributed by atoms with E-state index in [1.54, 1.807) is 31.2 Å². The van der Waals surface area contributed by atoms with Crippen LogP contribution in [-0.2, 0) is 4.74 Å². The van der Waals surface area contributed by atoms with Gasteiger partial charge in [0.2, 0.25) is 0 Å². The van der Waals surface area contributed by atoms with Gasteiger partial charge >= 0.3 is 12.0 Å². The van der Waals surface area contributed by atoms with Crippen molar-refractivity contribution in [2.75, 3.05) is 11.9 Å². The van der Waals surface area contributed by atoms with Crippen LogP contribution in [0.1, 0.15) is 28.8 Å². The van der Waals surface area contributed by atoms with Crippen LogP contribution in [-0.4, -0.2) is 32.7 Å². The Balaban J connectivity index is 1.64.